The van der Waals surface area contributed by atoms with Gasteiger partial charge in [0.05, 0.1) is 48.5 Å². The number of benzene rings is 2. The van der Waals surface area contributed by atoms with Crippen LogP contribution in [0.15, 0.2) is 60.9 Å². The average Bonchev–Trinajstić information content (AvgIpc) is 3.61. The van der Waals surface area contributed by atoms with Crippen molar-refractivity contribution in [2.75, 3.05) is 6.54 Å². The second-order valence-corrected chi connectivity index (χ2v) is 7.82. The molecule has 1 fully saturated rings. The summed E-state index contributed by atoms with van der Waals surface area (Å²) in [5.41, 5.74) is 1.42. The maximum Gasteiger partial charge on any atom is 0.407 e. The van der Waals surface area contributed by atoms with E-state index < -0.39 is 30.0 Å². The van der Waals surface area contributed by atoms with Crippen molar-refractivity contribution < 1.29 is 23.1 Å². The highest BCUT2D eigenvalue weighted by atomic mass is 19.1. The predicted molar refractivity (Wildman–Crippen MR) is 119 cm³/mol. The molecule has 2 atom stereocenters. The minimum atomic E-state index is -0.693. The topological polar surface area (TPSA) is 127 Å². The van der Waals surface area contributed by atoms with Gasteiger partial charge in [-0.1, -0.05) is 6.07 Å². The first-order valence-electron chi connectivity index (χ1n) is 10.7. The molecule has 3 N–H and O–H groups in total. The molecule has 0 aliphatic carbocycles. The molecular formula is C23H19F2N7O3. The number of nitrogens with one attached hydrogen (secondary N) is 3. The standard InChI is InChI=1S/C23H19F2N7O3/c24-14-6-4-13(5-7-14)17-10-18(31-30-17)21-15(2-1-3-16(21)25)22(33)29-19(12-32-27-8-9-28-32)20-11-26-23(34)35-20/h1-10,19-20H,11-12H2,(H,26,34)(H,29,33)(H,30,31)/t19-,20-/m1/s1. The van der Waals surface area contributed by atoms with Crippen LogP contribution in [0.25, 0.3) is 22.5 Å². The van der Waals surface area contributed by atoms with Crippen LogP contribution in [0.3, 0.4) is 0 Å². The Bertz CT molecular complexity index is 1360. The zero-order chi connectivity index (χ0) is 24.4. The first-order chi connectivity index (χ1) is 17.0. The minimum absolute atomic E-state index is 0.0170. The summed E-state index contributed by atoms with van der Waals surface area (Å²) in [5, 5.41) is 20.4. The summed E-state index contributed by atoms with van der Waals surface area (Å²) < 4.78 is 33.5. The van der Waals surface area contributed by atoms with Crippen LogP contribution >= 0.6 is 0 Å². The van der Waals surface area contributed by atoms with E-state index in [1.54, 1.807) is 18.2 Å². The summed E-state index contributed by atoms with van der Waals surface area (Å²) in [4.78, 5) is 26.2. The fourth-order valence-corrected chi connectivity index (χ4v) is 3.85. The van der Waals surface area contributed by atoms with Crippen LogP contribution in [0.2, 0.25) is 0 Å². The van der Waals surface area contributed by atoms with Gasteiger partial charge in [-0.3, -0.25) is 9.89 Å². The van der Waals surface area contributed by atoms with Gasteiger partial charge in [-0.2, -0.15) is 20.1 Å². The Morgan fingerprint density at radius 2 is 1.94 bits per heavy atom. The number of halogens is 2. The van der Waals surface area contributed by atoms with E-state index in [1.807, 2.05) is 0 Å². The van der Waals surface area contributed by atoms with E-state index in [1.165, 1.54) is 47.5 Å². The molecule has 0 unspecified atom stereocenters. The van der Waals surface area contributed by atoms with Crippen LogP contribution < -0.4 is 10.6 Å². The summed E-state index contributed by atoms with van der Waals surface area (Å²) in [6.07, 6.45) is 1.70. The first kappa shape index (κ1) is 22.2. The van der Waals surface area contributed by atoms with E-state index in [2.05, 4.69) is 31.0 Å². The largest absolute Gasteiger partial charge is 0.442 e. The SMILES string of the molecule is O=C1NC[C@H]([C@@H](Cn2nccn2)NC(=O)c2cccc(F)c2-c2cc(-c3ccc(F)cc3)n[nH]2)O1. The van der Waals surface area contributed by atoms with Crippen molar-refractivity contribution in [1.29, 1.82) is 0 Å². The Morgan fingerprint density at radius 1 is 1.17 bits per heavy atom. The van der Waals surface area contributed by atoms with Gasteiger partial charge in [0.2, 0.25) is 0 Å². The van der Waals surface area contributed by atoms with Crippen molar-refractivity contribution in [2.45, 2.75) is 18.7 Å². The fraction of sp³-hybridized carbons (Fsp3) is 0.174. The quantitative estimate of drug-likeness (QED) is 0.374. The lowest BCUT2D eigenvalue weighted by Gasteiger charge is -2.23. The Kier molecular flexibility index (Phi) is 5.92. The third-order valence-electron chi connectivity index (χ3n) is 5.54. The molecule has 12 heteroatoms. The van der Waals surface area contributed by atoms with E-state index in [0.717, 1.165) is 0 Å². The van der Waals surface area contributed by atoms with Gasteiger partial charge >= 0.3 is 6.09 Å². The molecule has 2 aromatic heterocycles. The number of nitrogens with zero attached hydrogens (tertiary/aromatic N) is 4. The summed E-state index contributed by atoms with van der Waals surface area (Å²) in [6.45, 7) is 0.310. The highest BCUT2D eigenvalue weighted by Crippen LogP contribution is 2.29. The molecule has 5 rings (SSSR count). The van der Waals surface area contributed by atoms with Gasteiger partial charge in [0.1, 0.15) is 17.7 Å². The normalized spacial score (nSPS) is 15.9. The summed E-state index contributed by atoms with van der Waals surface area (Å²) in [7, 11) is 0. The van der Waals surface area contributed by atoms with Crippen LogP contribution in [-0.4, -0.2) is 55.9 Å². The molecule has 0 radical (unpaired) electrons. The van der Waals surface area contributed by atoms with Gasteiger partial charge in [0.25, 0.3) is 5.91 Å². The van der Waals surface area contributed by atoms with E-state index in [4.69, 9.17) is 4.74 Å². The number of hydrogen-bond acceptors (Lipinski definition) is 6. The van der Waals surface area contributed by atoms with Crippen molar-refractivity contribution in [3.63, 3.8) is 0 Å². The number of amides is 2. The number of cyclic esters (lactones) is 1. The molecular weight excluding hydrogens is 460 g/mol. The Labute approximate surface area is 197 Å². The molecule has 0 spiro atoms. The minimum Gasteiger partial charge on any atom is -0.442 e. The number of rotatable bonds is 7. The van der Waals surface area contributed by atoms with Crippen molar-refractivity contribution >= 4 is 12.0 Å². The fourth-order valence-electron chi connectivity index (χ4n) is 3.85. The number of aromatic nitrogens is 5. The smallest absolute Gasteiger partial charge is 0.407 e. The average molecular weight is 479 g/mol. The van der Waals surface area contributed by atoms with Gasteiger partial charge in [0.15, 0.2) is 0 Å². The number of carbonyl (C=O) groups excluding carboxylic acids is 2. The molecule has 3 heterocycles. The van der Waals surface area contributed by atoms with E-state index in [0.29, 0.717) is 11.3 Å². The summed E-state index contributed by atoms with van der Waals surface area (Å²) >= 11 is 0. The number of H-pyrrole nitrogens is 1. The van der Waals surface area contributed by atoms with Gasteiger partial charge in [-0.15, -0.1) is 0 Å². The monoisotopic (exact) mass is 479 g/mol. The van der Waals surface area contributed by atoms with Crippen LogP contribution in [0.1, 0.15) is 10.4 Å². The van der Waals surface area contributed by atoms with Gasteiger partial charge in [-0.25, -0.2) is 13.6 Å². The molecule has 35 heavy (non-hydrogen) atoms. The van der Waals surface area contributed by atoms with Crippen molar-refractivity contribution in [2.24, 2.45) is 0 Å². The second kappa shape index (κ2) is 9.33. The molecule has 10 nitrogen and oxygen atoms in total. The first-order valence-corrected chi connectivity index (χ1v) is 10.7. The van der Waals surface area contributed by atoms with Crippen LogP contribution in [0.4, 0.5) is 13.6 Å². The lowest BCUT2D eigenvalue weighted by Crippen LogP contribution is -2.48. The molecule has 1 aliphatic rings. The van der Waals surface area contributed by atoms with Crippen LogP contribution in [-0.2, 0) is 11.3 Å². The van der Waals surface area contributed by atoms with Gasteiger partial charge < -0.3 is 15.4 Å². The number of carbonyl (C=O) groups is 2. The van der Waals surface area contributed by atoms with Crippen molar-refractivity contribution in [3.05, 3.63) is 78.1 Å². The second-order valence-electron chi connectivity index (χ2n) is 7.82. The molecule has 0 saturated carbocycles. The van der Waals surface area contributed by atoms with Crippen molar-refractivity contribution in [3.8, 4) is 22.5 Å². The molecule has 4 aromatic rings. The van der Waals surface area contributed by atoms with E-state index in [-0.39, 0.29) is 35.7 Å². The summed E-state index contributed by atoms with van der Waals surface area (Å²) in [6, 6.07) is 10.7. The number of ether oxygens (including phenoxy) is 1. The molecule has 1 aliphatic heterocycles. The zero-order valence-electron chi connectivity index (χ0n) is 18.1. The van der Waals surface area contributed by atoms with Crippen molar-refractivity contribution in [1.82, 2.24) is 35.8 Å². The maximum absolute atomic E-state index is 15.0. The highest BCUT2D eigenvalue weighted by Gasteiger charge is 2.33. The van der Waals surface area contributed by atoms with E-state index >= 15 is 0 Å². The third-order valence-corrected chi connectivity index (χ3v) is 5.54. The molecule has 178 valence electrons. The number of aromatic amines is 1. The Hall–Kier alpha value is -4.61. The van der Waals surface area contributed by atoms with E-state index in [9.17, 15) is 18.4 Å². The number of hydrogen-bond donors (Lipinski definition) is 3. The number of alkyl carbamates (subject to hydrolysis) is 1. The zero-order valence-corrected chi connectivity index (χ0v) is 18.1. The molecule has 1 saturated heterocycles. The van der Waals surface area contributed by atoms with Crippen LogP contribution in [0.5, 0.6) is 0 Å². The predicted octanol–water partition coefficient (Wildman–Crippen LogP) is 2.52. The Balaban J connectivity index is 1.44. The highest BCUT2D eigenvalue weighted by molar-refractivity contribution is 6.01. The summed E-state index contributed by atoms with van der Waals surface area (Å²) in [5.74, 6) is -1.61. The lowest BCUT2D eigenvalue weighted by atomic mass is 10.0. The Morgan fingerprint density at radius 3 is 2.66 bits per heavy atom. The van der Waals surface area contributed by atoms with Crippen LogP contribution in [0, 0.1) is 11.6 Å². The molecule has 0 bridgehead atoms. The third kappa shape index (κ3) is 4.71. The van der Waals surface area contributed by atoms with Gasteiger partial charge in [-0.05, 0) is 42.5 Å². The maximum atomic E-state index is 15.0. The molecule has 2 amide bonds. The molecule has 2 aromatic carbocycles. The lowest BCUT2D eigenvalue weighted by molar-refractivity contribution is 0.0809. The van der Waals surface area contributed by atoms with Gasteiger partial charge in [0, 0.05) is 11.1 Å².